The van der Waals surface area contributed by atoms with Crippen LogP contribution in [0.1, 0.15) is 5.56 Å². The van der Waals surface area contributed by atoms with Gasteiger partial charge in [-0.1, -0.05) is 30.3 Å². The van der Waals surface area contributed by atoms with Gasteiger partial charge in [0.1, 0.15) is 5.97 Å². The van der Waals surface area contributed by atoms with Crippen LogP contribution >= 0.6 is 0 Å². The van der Waals surface area contributed by atoms with E-state index in [1.54, 1.807) is 6.07 Å². The van der Waals surface area contributed by atoms with Crippen LogP contribution in [0.2, 0.25) is 0 Å². The normalized spacial score (nSPS) is 11.7. The van der Waals surface area contributed by atoms with Crippen LogP contribution in [0.15, 0.2) is 30.3 Å². The fourth-order valence-electron chi connectivity index (χ4n) is 1.33. The molecule has 0 saturated carbocycles. The number of carbonyl (C=O) groups excluding carboxylic acids is 2. The number of carboxylic acid groups (broad SMARTS) is 1. The zero-order valence-electron chi connectivity index (χ0n) is 10.1. The Morgan fingerprint density at radius 2 is 2.11 bits per heavy atom. The number of carbonyl (C=O) groups is 2. The second-order valence-corrected chi connectivity index (χ2v) is 3.73. The molecule has 1 rings (SSSR count). The molecule has 98 valence electrons. The van der Waals surface area contributed by atoms with Crippen LogP contribution in [-0.4, -0.2) is 24.6 Å². The standard InChI is InChI=1S/C13H13N3O3/c14-6-11(8-15-9-12(17)18)13(19)16-7-10-4-2-1-3-5-10/h1-5,8,11H,7,9H2,(H,16,19)(H,17,18)/t11-/m1/s1. The van der Waals surface area contributed by atoms with Gasteiger partial charge in [0, 0.05) is 6.54 Å². The molecule has 1 amide bonds. The van der Waals surface area contributed by atoms with E-state index in [2.05, 4.69) is 10.3 Å². The third-order valence-corrected chi connectivity index (χ3v) is 2.26. The molecule has 6 heteroatoms. The number of aliphatic carboxylic acids is 1. The van der Waals surface area contributed by atoms with Crippen molar-refractivity contribution in [1.29, 1.82) is 5.26 Å². The highest BCUT2D eigenvalue weighted by atomic mass is 16.4. The number of nitrogens with one attached hydrogen (secondary N) is 2. The summed E-state index contributed by atoms with van der Waals surface area (Å²) in [5, 5.41) is 21.6. The maximum absolute atomic E-state index is 11.7. The molecule has 6 nitrogen and oxygen atoms in total. The van der Waals surface area contributed by atoms with Crippen molar-refractivity contribution in [3.63, 3.8) is 0 Å². The zero-order chi connectivity index (χ0) is 14.1. The highest BCUT2D eigenvalue weighted by Crippen LogP contribution is 1.98. The van der Waals surface area contributed by atoms with E-state index in [0.29, 0.717) is 6.54 Å². The molecule has 2 N–H and O–H groups in total. The Kier molecular flexibility index (Phi) is 5.76. The Hall–Kier alpha value is -2.68. The predicted molar refractivity (Wildman–Crippen MR) is 64.3 cm³/mol. The molecule has 0 heterocycles. The molecular weight excluding hydrogens is 246 g/mol. The molecule has 0 fully saturated rings. The average molecular weight is 259 g/mol. The number of hydrogen-bond donors (Lipinski definition) is 2. The largest absolute Gasteiger partial charge is 0.544 e. The van der Waals surface area contributed by atoms with E-state index < -0.39 is 24.3 Å². The smallest absolute Gasteiger partial charge is 0.247 e. The highest BCUT2D eigenvalue weighted by molar-refractivity contribution is 5.94. The number of rotatable bonds is 6. The van der Waals surface area contributed by atoms with E-state index in [4.69, 9.17) is 5.26 Å². The lowest BCUT2D eigenvalue weighted by Crippen LogP contribution is -2.74. The van der Waals surface area contributed by atoms with Gasteiger partial charge in [0.25, 0.3) is 0 Å². The first-order chi connectivity index (χ1) is 9.13. The van der Waals surface area contributed by atoms with Crippen molar-refractivity contribution in [2.45, 2.75) is 6.54 Å². The van der Waals surface area contributed by atoms with Gasteiger partial charge in [-0.25, -0.2) is 4.99 Å². The van der Waals surface area contributed by atoms with Crippen molar-refractivity contribution in [2.24, 2.45) is 5.92 Å². The van der Waals surface area contributed by atoms with Gasteiger partial charge >= 0.3 is 0 Å². The Labute approximate surface area is 110 Å². The average Bonchev–Trinajstić information content (AvgIpc) is 2.42. The van der Waals surface area contributed by atoms with Gasteiger partial charge in [-0.3, -0.25) is 4.79 Å². The summed E-state index contributed by atoms with van der Waals surface area (Å²) in [6.45, 7) is -0.129. The number of benzene rings is 1. The second-order valence-electron chi connectivity index (χ2n) is 3.73. The highest BCUT2D eigenvalue weighted by Gasteiger charge is 2.17. The summed E-state index contributed by atoms with van der Waals surface area (Å²) in [7, 11) is 0. The maximum Gasteiger partial charge on any atom is 0.247 e. The molecule has 0 radical (unpaired) electrons. The SMILES string of the molecule is N#C[C@H](C=[NH+]CC(=O)[O-])C(=O)NCc1ccccc1. The van der Waals surface area contributed by atoms with Crippen LogP contribution in [0.25, 0.3) is 0 Å². The van der Waals surface area contributed by atoms with Gasteiger partial charge < -0.3 is 15.2 Å². The van der Waals surface area contributed by atoms with Crippen LogP contribution < -0.4 is 15.4 Å². The molecule has 0 bridgehead atoms. The molecule has 1 aromatic rings. The summed E-state index contributed by atoms with van der Waals surface area (Å²) in [6, 6.07) is 11.0. The van der Waals surface area contributed by atoms with Gasteiger partial charge in [0.15, 0.2) is 12.8 Å². The van der Waals surface area contributed by atoms with E-state index in [1.807, 2.05) is 30.3 Å². The van der Waals surface area contributed by atoms with E-state index in [0.717, 1.165) is 11.8 Å². The fourth-order valence-corrected chi connectivity index (χ4v) is 1.33. The first-order valence-corrected chi connectivity index (χ1v) is 5.61. The van der Waals surface area contributed by atoms with Gasteiger partial charge in [0.05, 0.1) is 6.07 Å². The van der Waals surface area contributed by atoms with Crippen LogP contribution in [0, 0.1) is 17.2 Å². The molecule has 0 aliphatic rings. The zero-order valence-corrected chi connectivity index (χ0v) is 10.1. The summed E-state index contributed by atoms with van der Waals surface area (Å²) in [5.74, 6) is -2.85. The molecule has 0 aliphatic carbocycles. The second kappa shape index (κ2) is 7.61. The molecule has 0 aromatic heterocycles. The molecular formula is C13H13N3O3. The minimum absolute atomic E-state index is 0.312. The molecule has 19 heavy (non-hydrogen) atoms. The summed E-state index contributed by atoms with van der Waals surface area (Å²) >= 11 is 0. The topological polar surface area (TPSA) is 107 Å². The van der Waals surface area contributed by atoms with E-state index in [-0.39, 0.29) is 0 Å². The van der Waals surface area contributed by atoms with Crippen molar-refractivity contribution in [2.75, 3.05) is 6.54 Å². The third-order valence-electron chi connectivity index (χ3n) is 2.26. The van der Waals surface area contributed by atoms with Crippen molar-refractivity contribution in [3.05, 3.63) is 35.9 Å². The number of nitrogens with zero attached hydrogens (tertiary/aromatic N) is 1. The fraction of sp³-hybridized carbons (Fsp3) is 0.231. The quantitative estimate of drug-likeness (QED) is 0.544. The van der Waals surface area contributed by atoms with Crippen molar-refractivity contribution in [1.82, 2.24) is 5.32 Å². The maximum atomic E-state index is 11.7. The molecule has 0 spiro atoms. The summed E-state index contributed by atoms with van der Waals surface area (Å²) in [5.41, 5.74) is 0.912. The van der Waals surface area contributed by atoms with Gasteiger partial charge in [0.2, 0.25) is 11.8 Å². The van der Waals surface area contributed by atoms with Crippen LogP contribution in [0.3, 0.4) is 0 Å². The lowest BCUT2D eigenvalue weighted by molar-refractivity contribution is -0.461. The molecule has 1 atom stereocenters. The number of carboxylic acids is 1. The Bertz CT molecular complexity index is 506. The molecule has 0 aliphatic heterocycles. The molecule has 1 aromatic carbocycles. The Balaban J connectivity index is 2.49. The summed E-state index contributed by atoms with van der Waals surface area (Å²) in [4.78, 5) is 24.2. The Morgan fingerprint density at radius 1 is 1.42 bits per heavy atom. The lowest BCUT2D eigenvalue weighted by atomic mass is 10.1. The third kappa shape index (κ3) is 5.46. The molecule has 0 saturated heterocycles. The minimum atomic E-state index is -1.31. The predicted octanol–water partition coefficient (Wildman–Crippen LogP) is -2.66. The first kappa shape index (κ1) is 14.4. The Morgan fingerprint density at radius 3 is 2.68 bits per heavy atom. The number of amides is 1. The minimum Gasteiger partial charge on any atom is -0.544 e. The summed E-state index contributed by atoms with van der Waals surface area (Å²) < 4.78 is 0. The van der Waals surface area contributed by atoms with E-state index in [9.17, 15) is 14.7 Å². The first-order valence-electron chi connectivity index (χ1n) is 5.61. The van der Waals surface area contributed by atoms with Crippen LogP contribution in [0.5, 0.6) is 0 Å². The van der Waals surface area contributed by atoms with Gasteiger partial charge in [-0.05, 0) is 5.56 Å². The van der Waals surface area contributed by atoms with E-state index >= 15 is 0 Å². The van der Waals surface area contributed by atoms with Crippen LogP contribution in [-0.2, 0) is 16.1 Å². The van der Waals surface area contributed by atoms with Crippen molar-refractivity contribution < 1.29 is 19.7 Å². The van der Waals surface area contributed by atoms with Crippen molar-refractivity contribution in [3.8, 4) is 6.07 Å². The number of nitriles is 1. The number of hydrogen-bond acceptors (Lipinski definition) is 4. The van der Waals surface area contributed by atoms with E-state index in [1.165, 1.54) is 0 Å². The van der Waals surface area contributed by atoms with Crippen molar-refractivity contribution >= 4 is 18.1 Å². The summed E-state index contributed by atoms with van der Waals surface area (Å²) in [6.07, 6.45) is 1.14. The molecule has 0 unspecified atom stereocenters. The van der Waals surface area contributed by atoms with Gasteiger partial charge in [-0.2, -0.15) is 5.26 Å². The monoisotopic (exact) mass is 259 g/mol. The van der Waals surface area contributed by atoms with Gasteiger partial charge in [-0.15, -0.1) is 0 Å². The lowest BCUT2D eigenvalue weighted by Gasteiger charge is -2.05. The van der Waals surface area contributed by atoms with Crippen LogP contribution in [0.4, 0.5) is 0 Å².